The molecule has 0 aliphatic carbocycles. The number of halogens is 2. The molecule has 1 aromatic heterocycles. The summed E-state index contributed by atoms with van der Waals surface area (Å²) in [5, 5.41) is 4.19. The summed E-state index contributed by atoms with van der Waals surface area (Å²) >= 11 is 9.72. The van der Waals surface area contributed by atoms with Gasteiger partial charge in [-0.25, -0.2) is 0 Å². The van der Waals surface area contributed by atoms with Crippen LogP contribution in [0, 0.1) is 6.92 Å². The standard InChI is InChI=1S/C16H19BrClNO2/c1-4-5-19-15(11-6-10(2)21-9-11)13-7-12(18)8-14(17)16(13)20-3/h6-9,15,19H,4-5H2,1-3H3. The third kappa shape index (κ3) is 3.82. The maximum atomic E-state index is 6.21. The van der Waals surface area contributed by atoms with E-state index in [1.54, 1.807) is 13.4 Å². The van der Waals surface area contributed by atoms with Crippen molar-refractivity contribution in [1.82, 2.24) is 5.32 Å². The van der Waals surface area contributed by atoms with Gasteiger partial charge < -0.3 is 14.5 Å². The molecular formula is C16H19BrClNO2. The Kier molecular flexibility index (Phi) is 5.73. The summed E-state index contributed by atoms with van der Waals surface area (Å²) in [6.45, 7) is 4.96. The third-order valence-corrected chi connectivity index (χ3v) is 4.04. The SMILES string of the molecule is CCCNC(c1coc(C)c1)c1cc(Cl)cc(Br)c1OC. The van der Waals surface area contributed by atoms with Gasteiger partial charge in [0.1, 0.15) is 11.5 Å². The normalized spacial score (nSPS) is 12.4. The molecule has 5 heteroatoms. The Bertz CT molecular complexity index is 612. The van der Waals surface area contributed by atoms with Crippen LogP contribution in [0.2, 0.25) is 5.02 Å². The first kappa shape index (κ1) is 16.4. The first-order valence-electron chi connectivity index (χ1n) is 6.88. The van der Waals surface area contributed by atoms with Crippen LogP contribution in [0.25, 0.3) is 0 Å². The average Bonchev–Trinajstić information content (AvgIpc) is 2.85. The second-order valence-corrected chi connectivity index (χ2v) is 6.18. The summed E-state index contributed by atoms with van der Waals surface area (Å²) in [6.07, 6.45) is 2.81. The Morgan fingerprint density at radius 3 is 2.71 bits per heavy atom. The predicted octanol–water partition coefficient (Wildman–Crippen LogP) is 5.10. The van der Waals surface area contributed by atoms with Crippen LogP contribution in [0.4, 0.5) is 0 Å². The monoisotopic (exact) mass is 371 g/mol. The molecule has 0 saturated carbocycles. The largest absolute Gasteiger partial charge is 0.495 e. The van der Waals surface area contributed by atoms with Crippen LogP contribution in [0.15, 0.2) is 33.4 Å². The van der Waals surface area contributed by atoms with E-state index in [0.29, 0.717) is 5.02 Å². The minimum Gasteiger partial charge on any atom is -0.495 e. The number of methoxy groups -OCH3 is 1. The first-order chi connectivity index (χ1) is 10.1. The fourth-order valence-corrected chi connectivity index (χ4v) is 3.32. The van der Waals surface area contributed by atoms with Gasteiger partial charge >= 0.3 is 0 Å². The number of benzene rings is 1. The first-order valence-corrected chi connectivity index (χ1v) is 8.05. The molecule has 1 N–H and O–H groups in total. The van der Waals surface area contributed by atoms with Gasteiger partial charge in [-0.3, -0.25) is 0 Å². The van der Waals surface area contributed by atoms with Crippen molar-refractivity contribution in [3.05, 3.63) is 50.8 Å². The third-order valence-electron chi connectivity index (χ3n) is 3.23. The highest BCUT2D eigenvalue weighted by Gasteiger charge is 2.21. The van der Waals surface area contributed by atoms with E-state index in [1.165, 1.54) is 0 Å². The van der Waals surface area contributed by atoms with Crippen molar-refractivity contribution in [2.75, 3.05) is 13.7 Å². The summed E-state index contributed by atoms with van der Waals surface area (Å²) in [5.74, 6) is 1.67. The molecule has 0 spiro atoms. The number of aryl methyl sites for hydroxylation is 1. The van der Waals surface area contributed by atoms with Crippen molar-refractivity contribution in [3.63, 3.8) is 0 Å². The lowest BCUT2D eigenvalue weighted by atomic mass is 9.99. The molecule has 0 aliphatic rings. The van der Waals surface area contributed by atoms with Gasteiger partial charge in [-0.05, 0) is 54.0 Å². The van der Waals surface area contributed by atoms with E-state index in [9.17, 15) is 0 Å². The molecule has 0 amide bonds. The molecule has 1 atom stereocenters. The molecule has 3 nitrogen and oxygen atoms in total. The highest BCUT2D eigenvalue weighted by Crippen LogP contribution is 2.38. The quantitative estimate of drug-likeness (QED) is 0.766. The summed E-state index contributed by atoms with van der Waals surface area (Å²) in [4.78, 5) is 0. The van der Waals surface area contributed by atoms with Gasteiger partial charge in [-0.1, -0.05) is 18.5 Å². The summed E-state index contributed by atoms with van der Waals surface area (Å²) < 4.78 is 11.8. The zero-order valence-corrected chi connectivity index (χ0v) is 14.7. The zero-order chi connectivity index (χ0) is 15.4. The molecule has 0 aliphatic heterocycles. The Labute approximate surface area is 138 Å². The fourth-order valence-electron chi connectivity index (χ4n) is 2.32. The van der Waals surface area contributed by atoms with Crippen molar-refractivity contribution >= 4 is 27.5 Å². The van der Waals surface area contributed by atoms with E-state index in [4.69, 9.17) is 20.8 Å². The maximum Gasteiger partial charge on any atom is 0.138 e. The molecule has 0 fully saturated rings. The van der Waals surface area contributed by atoms with Crippen molar-refractivity contribution < 1.29 is 9.15 Å². The highest BCUT2D eigenvalue weighted by atomic mass is 79.9. The van der Waals surface area contributed by atoms with E-state index in [2.05, 4.69) is 28.2 Å². The van der Waals surface area contributed by atoms with E-state index in [-0.39, 0.29) is 6.04 Å². The van der Waals surface area contributed by atoms with E-state index >= 15 is 0 Å². The summed E-state index contributed by atoms with van der Waals surface area (Å²) in [6, 6.07) is 5.77. The molecule has 2 rings (SSSR count). The molecule has 0 radical (unpaired) electrons. The van der Waals surface area contributed by atoms with Gasteiger partial charge in [0.15, 0.2) is 0 Å². The fraction of sp³-hybridized carbons (Fsp3) is 0.375. The Balaban J connectivity index is 2.50. The van der Waals surface area contributed by atoms with Crippen molar-refractivity contribution in [1.29, 1.82) is 0 Å². The minimum atomic E-state index is -0.0210. The smallest absolute Gasteiger partial charge is 0.138 e. The van der Waals surface area contributed by atoms with Crippen LogP contribution in [0.5, 0.6) is 5.75 Å². The van der Waals surface area contributed by atoms with Crippen molar-refractivity contribution in [2.45, 2.75) is 26.3 Å². The van der Waals surface area contributed by atoms with Crippen LogP contribution in [-0.4, -0.2) is 13.7 Å². The average molecular weight is 373 g/mol. The van der Waals surface area contributed by atoms with Crippen LogP contribution >= 0.6 is 27.5 Å². The molecule has 2 aromatic rings. The molecule has 0 bridgehead atoms. The van der Waals surface area contributed by atoms with E-state index < -0.39 is 0 Å². The van der Waals surface area contributed by atoms with Gasteiger partial charge in [0.2, 0.25) is 0 Å². The van der Waals surface area contributed by atoms with Crippen LogP contribution in [0.3, 0.4) is 0 Å². The van der Waals surface area contributed by atoms with Crippen LogP contribution < -0.4 is 10.1 Å². The molecule has 1 aromatic carbocycles. The number of hydrogen-bond donors (Lipinski definition) is 1. The molecule has 1 heterocycles. The van der Waals surface area contributed by atoms with Gasteiger partial charge in [0.05, 0.1) is 23.9 Å². The number of rotatable bonds is 6. The Morgan fingerprint density at radius 1 is 1.38 bits per heavy atom. The predicted molar refractivity (Wildman–Crippen MR) is 89.3 cm³/mol. The second-order valence-electron chi connectivity index (χ2n) is 4.89. The number of hydrogen-bond acceptors (Lipinski definition) is 3. The minimum absolute atomic E-state index is 0.0210. The second kappa shape index (κ2) is 7.34. The summed E-state index contributed by atoms with van der Waals surface area (Å²) in [7, 11) is 1.66. The lowest BCUT2D eigenvalue weighted by Crippen LogP contribution is -2.23. The lowest BCUT2D eigenvalue weighted by molar-refractivity contribution is 0.401. The van der Waals surface area contributed by atoms with E-state index in [0.717, 1.165) is 40.1 Å². The number of furan rings is 1. The molecule has 114 valence electrons. The van der Waals surface area contributed by atoms with Gasteiger partial charge in [-0.15, -0.1) is 0 Å². The molecular weight excluding hydrogens is 354 g/mol. The van der Waals surface area contributed by atoms with Crippen molar-refractivity contribution in [3.8, 4) is 5.75 Å². The highest BCUT2D eigenvalue weighted by molar-refractivity contribution is 9.10. The van der Waals surface area contributed by atoms with Crippen molar-refractivity contribution in [2.24, 2.45) is 0 Å². The lowest BCUT2D eigenvalue weighted by Gasteiger charge is -2.21. The Hall–Kier alpha value is -0.970. The van der Waals surface area contributed by atoms with E-state index in [1.807, 2.05) is 25.1 Å². The molecule has 0 saturated heterocycles. The summed E-state index contributed by atoms with van der Waals surface area (Å²) in [5.41, 5.74) is 2.06. The molecule has 1 unspecified atom stereocenters. The topological polar surface area (TPSA) is 34.4 Å². The van der Waals surface area contributed by atoms with Gasteiger partial charge in [0, 0.05) is 16.1 Å². The van der Waals surface area contributed by atoms with Crippen LogP contribution in [-0.2, 0) is 0 Å². The zero-order valence-electron chi connectivity index (χ0n) is 12.4. The maximum absolute atomic E-state index is 6.21. The van der Waals surface area contributed by atoms with Crippen LogP contribution in [0.1, 0.15) is 36.3 Å². The molecule has 21 heavy (non-hydrogen) atoms. The number of ether oxygens (including phenoxy) is 1. The van der Waals surface area contributed by atoms with Gasteiger partial charge in [-0.2, -0.15) is 0 Å². The Morgan fingerprint density at radius 2 is 2.14 bits per heavy atom. The number of nitrogens with one attached hydrogen (secondary N) is 1. The van der Waals surface area contributed by atoms with Gasteiger partial charge in [0.25, 0.3) is 0 Å².